The van der Waals surface area contributed by atoms with Crippen LogP contribution in [0.2, 0.25) is 0 Å². The second-order valence-corrected chi connectivity index (χ2v) is 6.70. The highest BCUT2D eigenvalue weighted by molar-refractivity contribution is 5.55. The smallest absolute Gasteiger partial charge is 0.228 e. The van der Waals surface area contributed by atoms with E-state index in [2.05, 4.69) is 4.98 Å². The highest BCUT2D eigenvalue weighted by Crippen LogP contribution is 2.45. The first kappa shape index (κ1) is 16.4. The van der Waals surface area contributed by atoms with Crippen LogP contribution in [0.25, 0.3) is 0 Å². The first-order chi connectivity index (χ1) is 13.7. The van der Waals surface area contributed by atoms with Crippen LogP contribution in [0, 0.1) is 5.41 Å². The molecule has 0 fully saturated rings. The number of nitrogens with zero attached hydrogens (tertiary/aromatic N) is 2. The summed E-state index contributed by atoms with van der Waals surface area (Å²) in [7, 11) is 0. The summed E-state index contributed by atoms with van der Waals surface area (Å²) < 4.78 is 13.4. The third-order valence-electron chi connectivity index (χ3n) is 4.91. The molecule has 28 heavy (non-hydrogen) atoms. The number of nitrogens with one attached hydrogen (secondary N) is 1. The fourth-order valence-corrected chi connectivity index (χ4v) is 3.61. The van der Waals surface area contributed by atoms with Crippen LogP contribution >= 0.6 is 0 Å². The van der Waals surface area contributed by atoms with Gasteiger partial charge in [-0.15, -0.1) is 0 Å². The highest BCUT2D eigenvalue weighted by Gasteiger charge is 2.33. The SMILES string of the molecule is N=c1c2c(ncn1Cc1ccccc1)Oc1cc(O)ccc1[C@@H]2c1ccco1. The molecule has 0 aliphatic carbocycles. The van der Waals surface area contributed by atoms with Crippen LogP contribution in [-0.2, 0) is 6.54 Å². The minimum Gasteiger partial charge on any atom is -0.508 e. The fraction of sp³-hybridized carbons (Fsp3) is 0.0909. The van der Waals surface area contributed by atoms with E-state index < -0.39 is 0 Å². The molecular formula is C22H17N3O3. The molecule has 0 spiro atoms. The van der Waals surface area contributed by atoms with Crippen molar-refractivity contribution >= 4 is 0 Å². The Morgan fingerprint density at radius 3 is 2.71 bits per heavy atom. The molecule has 0 saturated carbocycles. The number of phenolic OH excluding ortho intramolecular Hbond substituents is 1. The van der Waals surface area contributed by atoms with E-state index in [9.17, 15) is 5.11 Å². The number of rotatable bonds is 3. The lowest BCUT2D eigenvalue weighted by Gasteiger charge is -2.27. The third-order valence-corrected chi connectivity index (χ3v) is 4.91. The maximum absolute atomic E-state index is 9.85. The van der Waals surface area contributed by atoms with E-state index in [0.717, 1.165) is 11.1 Å². The summed E-state index contributed by atoms with van der Waals surface area (Å²) in [5.41, 5.74) is 2.87. The molecule has 1 aliphatic heterocycles. The van der Waals surface area contributed by atoms with Gasteiger partial charge in [-0.25, -0.2) is 4.98 Å². The maximum Gasteiger partial charge on any atom is 0.228 e. The Morgan fingerprint density at radius 2 is 1.93 bits per heavy atom. The molecule has 1 aliphatic rings. The van der Waals surface area contributed by atoms with Crippen molar-refractivity contribution in [3.05, 3.63) is 101 Å². The van der Waals surface area contributed by atoms with Crippen molar-refractivity contribution in [3.8, 4) is 17.4 Å². The first-order valence-electron chi connectivity index (χ1n) is 8.93. The van der Waals surface area contributed by atoms with Crippen molar-refractivity contribution < 1.29 is 14.3 Å². The molecule has 0 amide bonds. The molecule has 0 bridgehead atoms. The van der Waals surface area contributed by atoms with E-state index in [4.69, 9.17) is 14.6 Å². The number of ether oxygens (including phenoxy) is 1. The molecule has 2 aromatic carbocycles. The van der Waals surface area contributed by atoms with E-state index in [1.807, 2.05) is 42.5 Å². The van der Waals surface area contributed by atoms with E-state index in [0.29, 0.717) is 35.0 Å². The zero-order chi connectivity index (χ0) is 19.1. The molecule has 2 aromatic heterocycles. The topological polar surface area (TPSA) is 84.3 Å². The first-order valence-corrected chi connectivity index (χ1v) is 8.93. The quantitative estimate of drug-likeness (QED) is 0.502. The lowest BCUT2D eigenvalue weighted by Crippen LogP contribution is -2.30. The number of benzene rings is 2. The van der Waals surface area contributed by atoms with Crippen molar-refractivity contribution in [1.29, 1.82) is 5.41 Å². The molecule has 6 heteroatoms. The molecular weight excluding hydrogens is 354 g/mol. The average Bonchev–Trinajstić information content (AvgIpc) is 3.24. The highest BCUT2D eigenvalue weighted by atomic mass is 16.5. The van der Waals surface area contributed by atoms with E-state index in [1.54, 1.807) is 35.4 Å². The number of furan rings is 1. The Hall–Kier alpha value is -3.80. The van der Waals surface area contributed by atoms with Crippen LogP contribution in [0.3, 0.4) is 0 Å². The van der Waals surface area contributed by atoms with Gasteiger partial charge in [-0.3, -0.25) is 5.41 Å². The Labute approximate surface area is 160 Å². The third kappa shape index (κ3) is 2.66. The van der Waals surface area contributed by atoms with Gasteiger partial charge in [0.05, 0.1) is 24.3 Å². The maximum atomic E-state index is 9.85. The normalized spacial score (nSPS) is 14.8. The fourth-order valence-electron chi connectivity index (χ4n) is 3.61. The van der Waals surface area contributed by atoms with E-state index in [1.165, 1.54) is 0 Å². The lowest BCUT2D eigenvalue weighted by atomic mass is 9.87. The molecule has 138 valence electrons. The van der Waals surface area contributed by atoms with Gasteiger partial charge in [-0.1, -0.05) is 36.4 Å². The van der Waals surface area contributed by atoms with Gasteiger partial charge in [-0.05, 0) is 23.8 Å². The predicted octanol–water partition coefficient (Wildman–Crippen LogP) is 4.00. The Kier molecular flexibility index (Phi) is 3.76. The summed E-state index contributed by atoms with van der Waals surface area (Å²) in [5, 5.41) is 18.7. The summed E-state index contributed by atoms with van der Waals surface area (Å²) in [5.74, 6) is 1.35. The summed E-state index contributed by atoms with van der Waals surface area (Å²) >= 11 is 0. The number of fused-ring (bicyclic) bond motifs is 2. The van der Waals surface area contributed by atoms with E-state index >= 15 is 0 Å². The molecule has 6 nitrogen and oxygen atoms in total. The van der Waals surface area contributed by atoms with Crippen LogP contribution in [0.1, 0.15) is 28.4 Å². The molecule has 2 N–H and O–H groups in total. The van der Waals surface area contributed by atoms with Gasteiger partial charge < -0.3 is 18.8 Å². The summed E-state index contributed by atoms with van der Waals surface area (Å²) in [6.45, 7) is 0.535. The zero-order valence-electron chi connectivity index (χ0n) is 14.9. The number of phenols is 1. The largest absolute Gasteiger partial charge is 0.508 e. The Morgan fingerprint density at radius 1 is 1.07 bits per heavy atom. The second kappa shape index (κ2) is 6.42. The van der Waals surface area contributed by atoms with Crippen LogP contribution in [0.4, 0.5) is 0 Å². The molecule has 0 unspecified atom stereocenters. The van der Waals surface area contributed by atoms with Gasteiger partial charge >= 0.3 is 0 Å². The zero-order valence-corrected chi connectivity index (χ0v) is 14.9. The van der Waals surface area contributed by atoms with E-state index in [-0.39, 0.29) is 11.7 Å². The minimum absolute atomic E-state index is 0.113. The van der Waals surface area contributed by atoms with Crippen LogP contribution < -0.4 is 10.2 Å². The predicted molar refractivity (Wildman–Crippen MR) is 101 cm³/mol. The van der Waals surface area contributed by atoms with Gasteiger partial charge in [0.15, 0.2) is 0 Å². The Balaban J connectivity index is 1.68. The monoisotopic (exact) mass is 371 g/mol. The Bertz CT molecular complexity index is 1200. The van der Waals surface area contributed by atoms with Gasteiger partial charge in [-0.2, -0.15) is 0 Å². The van der Waals surface area contributed by atoms with Crippen LogP contribution in [0.5, 0.6) is 17.4 Å². The summed E-state index contributed by atoms with van der Waals surface area (Å²) in [4.78, 5) is 4.46. The van der Waals surface area contributed by atoms with Crippen molar-refractivity contribution in [2.24, 2.45) is 0 Å². The number of hydrogen-bond donors (Lipinski definition) is 2. The second-order valence-electron chi connectivity index (χ2n) is 6.70. The number of hydrogen-bond acceptors (Lipinski definition) is 5. The summed E-state index contributed by atoms with van der Waals surface area (Å²) in [6.07, 6.45) is 3.23. The van der Waals surface area contributed by atoms with Gasteiger partial charge in [0.1, 0.15) is 29.1 Å². The van der Waals surface area contributed by atoms with Crippen molar-refractivity contribution in [1.82, 2.24) is 9.55 Å². The lowest BCUT2D eigenvalue weighted by molar-refractivity contribution is 0.401. The summed E-state index contributed by atoms with van der Waals surface area (Å²) in [6, 6.07) is 18.6. The number of aromatic nitrogens is 2. The minimum atomic E-state index is -0.336. The van der Waals surface area contributed by atoms with Crippen molar-refractivity contribution in [2.75, 3.05) is 0 Å². The molecule has 3 heterocycles. The number of aromatic hydroxyl groups is 1. The molecule has 4 aromatic rings. The average molecular weight is 371 g/mol. The van der Waals surface area contributed by atoms with Crippen molar-refractivity contribution in [2.45, 2.75) is 12.5 Å². The molecule has 0 saturated heterocycles. The van der Waals surface area contributed by atoms with Crippen molar-refractivity contribution in [3.63, 3.8) is 0 Å². The van der Waals surface area contributed by atoms with Gasteiger partial charge in [0, 0.05) is 11.6 Å². The standard InChI is InChI=1S/C22H17N3O3/c23-21-20-19(17-7-4-10-27-17)16-9-8-15(26)11-18(16)28-22(20)24-13-25(21)12-14-5-2-1-3-6-14/h1-11,13,19,23,26H,12H2/t19-/m1/s1. The van der Waals surface area contributed by atoms with Gasteiger partial charge in [0.25, 0.3) is 0 Å². The molecule has 1 atom stereocenters. The molecule has 0 radical (unpaired) electrons. The van der Waals surface area contributed by atoms with Crippen LogP contribution in [-0.4, -0.2) is 14.7 Å². The van der Waals surface area contributed by atoms with Gasteiger partial charge in [0.2, 0.25) is 5.88 Å². The van der Waals surface area contributed by atoms with Crippen LogP contribution in [0.15, 0.2) is 77.7 Å². The molecule has 5 rings (SSSR count).